The van der Waals surface area contributed by atoms with Crippen LogP contribution in [-0.2, 0) is 9.47 Å². The van der Waals surface area contributed by atoms with Gasteiger partial charge in [0.25, 0.3) is 0 Å². The van der Waals surface area contributed by atoms with Crippen LogP contribution in [0, 0.1) is 6.79 Å². The summed E-state index contributed by atoms with van der Waals surface area (Å²) in [5.41, 5.74) is 0. The highest BCUT2D eigenvalue weighted by Crippen LogP contribution is 2.21. The lowest BCUT2D eigenvalue weighted by atomic mass is 10.1. The minimum Gasteiger partial charge on any atom is -0.391 e. The van der Waals surface area contributed by atoms with Crippen molar-refractivity contribution in [3.63, 3.8) is 0 Å². The molecule has 0 aromatic rings. The second-order valence-electron chi connectivity index (χ2n) is 2.78. The van der Waals surface area contributed by atoms with E-state index in [9.17, 15) is 0 Å². The van der Waals surface area contributed by atoms with Crippen LogP contribution in [0.2, 0.25) is 0 Å². The van der Waals surface area contributed by atoms with Crippen molar-refractivity contribution in [2.24, 2.45) is 0 Å². The largest absolute Gasteiger partial charge is 0.391 e. The Labute approximate surface area is 65.7 Å². The van der Waals surface area contributed by atoms with Crippen molar-refractivity contribution in [2.45, 2.75) is 38.3 Å². The molecule has 4 unspecified atom stereocenters. The molecule has 1 aliphatic heterocycles. The topological polar surface area (TPSA) is 58.9 Å². The molecule has 0 aromatic carbocycles. The molecule has 4 nitrogen and oxygen atoms in total. The van der Waals surface area contributed by atoms with Gasteiger partial charge in [0.15, 0.2) is 0 Å². The van der Waals surface area contributed by atoms with Crippen LogP contribution in [-0.4, -0.2) is 34.6 Å². The Morgan fingerprint density at radius 3 is 1.73 bits per heavy atom. The predicted octanol–water partition coefficient (Wildman–Crippen LogP) is -0.349. The molecule has 0 saturated carbocycles. The molecule has 1 heterocycles. The molecular formula is C7H13O4. The van der Waals surface area contributed by atoms with E-state index in [1.807, 2.05) is 0 Å². The highest BCUT2D eigenvalue weighted by molar-refractivity contribution is 4.84. The van der Waals surface area contributed by atoms with Crippen LogP contribution in [0.4, 0.5) is 0 Å². The van der Waals surface area contributed by atoms with Crippen molar-refractivity contribution in [1.29, 1.82) is 0 Å². The third kappa shape index (κ3) is 1.90. The summed E-state index contributed by atoms with van der Waals surface area (Å²) in [5.74, 6) is 0. The second kappa shape index (κ2) is 3.49. The SMILES string of the molecule is CC(O)C1O[CH]OC1C(C)O. The van der Waals surface area contributed by atoms with E-state index in [-0.39, 0.29) is 0 Å². The fourth-order valence-electron chi connectivity index (χ4n) is 1.09. The van der Waals surface area contributed by atoms with E-state index in [1.165, 1.54) is 0 Å². The van der Waals surface area contributed by atoms with E-state index in [1.54, 1.807) is 13.8 Å². The molecule has 2 N–H and O–H groups in total. The molecule has 4 atom stereocenters. The first-order valence-electron chi connectivity index (χ1n) is 3.61. The molecule has 1 aliphatic rings. The van der Waals surface area contributed by atoms with Gasteiger partial charge in [-0.25, -0.2) is 0 Å². The van der Waals surface area contributed by atoms with Crippen LogP contribution in [0.5, 0.6) is 0 Å². The molecule has 65 valence electrons. The van der Waals surface area contributed by atoms with Crippen molar-refractivity contribution in [3.8, 4) is 0 Å². The lowest BCUT2D eigenvalue weighted by Crippen LogP contribution is -2.39. The van der Waals surface area contributed by atoms with Gasteiger partial charge in [-0.2, -0.15) is 0 Å². The quantitative estimate of drug-likeness (QED) is 0.581. The summed E-state index contributed by atoms with van der Waals surface area (Å²) in [6.45, 7) is 4.36. The van der Waals surface area contributed by atoms with Gasteiger partial charge in [-0.1, -0.05) is 0 Å². The summed E-state index contributed by atoms with van der Waals surface area (Å²) in [5, 5.41) is 18.3. The normalized spacial score (nSPS) is 37.1. The first kappa shape index (κ1) is 8.93. The Morgan fingerprint density at radius 2 is 1.45 bits per heavy atom. The maximum atomic E-state index is 9.14. The Bertz CT molecular complexity index is 110. The van der Waals surface area contributed by atoms with E-state index in [4.69, 9.17) is 19.7 Å². The minimum atomic E-state index is -0.631. The van der Waals surface area contributed by atoms with Gasteiger partial charge in [0.2, 0.25) is 6.79 Å². The van der Waals surface area contributed by atoms with Gasteiger partial charge in [-0.05, 0) is 13.8 Å². The van der Waals surface area contributed by atoms with Gasteiger partial charge in [0.1, 0.15) is 12.2 Å². The molecule has 0 aliphatic carbocycles. The third-order valence-electron chi connectivity index (χ3n) is 1.70. The summed E-state index contributed by atoms with van der Waals surface area (Å²) in [6, 6.07) is 0. The zero-order valence-corrected chi connectivity index (χ0v) is 6.60. The molecule has 0 aromatic heterocycles. The Morgan fingerprint density at radius 1 is 1.09 bits per heavy atom. The van der Waals surface area contributed by atoms with Crippen LogP contribution in [0.1, 0.15) is 13.8 Å². The van der Waals surface area contributed by atoms with Gasteiger partial charge in [0, 0.05) is 0 Å². The molecule has 1 radical (unpaired) electrons. The minimum absolute atomic E-state index is 0.449. The first-order valence-corrected chi connectivity index (χ1v) is 3.61. The number of aliphatic hydroxyl groups is 2. The van der Waals surface area contributed by atoms with Gasteiger partial charge in [-0.15, -0.1) is 0 Å². The van der Waals surface area contributed by atoms with E-state index in [2.05, 4.69) is 0 Å². The zero-order valence-electron chi connectivity index (χ0n) is 6.60. The molecule has 0 bridgehead atoms. The average Bonchev–Trinajstić information content (AvgIpc) is 2.32. The molecule has 0 amide bonds. The summed E-state index contributed by atoms with van der Waals surface area (Å²) < 4.78 is 9.86. The highest BCUT2D eigenvalue weighted by atomic mass is 16.7. The maximum Gasteiger partial charge on any atom is 0.210 e. The van der Waals surface area contributed by atoms with Crippen LogP contribution < -0.4 is 0 Å². The first-order chi connectivity index (χ1) is 5.13. The number of hydrogen-bond acceptors (Lipinski definition) is 4. The number of hydrogen-bond donors (Lipinski definition) is 2. The molecule has 11 heavy (non-hydrogen) atoms. The fraction of sp³-hybridized carbons (Fsp3) is 0.857. The number of rotatable bonds is 2. The van der Waals surface area contributed by atoms with E-state index in [0.29, 0.717) is 0 Å². The van der Waals surface area contributed by atoms with Crippen molar-refractivity contribution in [3.05, 3.63) is 6.79 Å². The molecule has 0 spiro atoms. The Kier molecular flexibility index (Phi) is 2.84. The summed E-state index contributed by atoms with van der Waals surface area (Å²) >= 11 is 0. The number of ether oxygens (including phenoxy) is 2. The molecule has 1 fully saturated rings. The monoisotopic (exact) mass is 161 g/mol. The Balaban J connectivity index is 2.51. The van der Waals surface area contributed by atoms with Crippen molar-refractivity contribution in [2.75, 3.05) is 0 Å². The van der Waals surface area contributed by atoms with Gasteiger partial charge < -0.3 is 19.7 Å². The Hall–Kier alpha value is -0.160. The summed E-state index contributed by atoms with van der Waals surface area (Å²) in [6.07, 6.45) is -2.16. The average molecular weight is 161 g/mol. The van der Waals surface area contributed by atoms with Crippen LogP contribution in [0.25, 0.3) is 0 Å². The molecule has 1 saturated heterocycles. The zero-order chi connectivity index (χ0) is 8.43. The van der Waals surface area contributed by atoms with Crippen LogP contribution >= 0.6 is 0 Å². The maximum absolute atomic E-state index is 9.14. The fourth-order valence-corrected chi connectivity index (χ4v) is 1.09. The summed E-state index contributed by atoms with van der Waals surface area (Å²) in [4.78, 5) is 0. The van der Waals surface area contributed by atoms with Crippen LogP contribution in [0.3, 0.4) is 0 Å². The highest BCUT2D eigenvalue weighted by Gasteiger charge is 2.36. The lowest BCUT2D eigenvalue weighted by molar-refractivity contribution is -0.0216. The second-order valence-corrected chi connectivity index (χ2v) is 2.78. The molecular weight excluding hydrogens is 148 g/mol. The summed E-state index contributed by atoms with van der Waals surface area (Å²) in [7, 11) is 0. The van der Waals surface area contributed by atoms with Crippen LogP contribution in [0.15, 0.2) is 0 Å². The van der Waals surface area contributed by atoms with Gasteiger partial charge in [0.05, 0.1) is 12.2 Å². The smallest absolute Gasteiger partial charge is 0.210 e. The van der Waals surface area contributed by atoms with Crippen molar-refractivity contribution < 1.29 is 19.7 Å². The number of aliphatic hydroxyl groups excluding tert-OH is 2. The van der Waals surface area contributed by atoms with E-state index in [0.717, 1.165) is 6.79 Å². The van der Waals surface area contributed by atoms with E-state index < -0.39 is 24.4 Å². The van der Waals surface area contributed by atoms with E-state index >= 15 is 0 Å². The third-order valence-corrected chi connectivity index (χ3v) is 1.70. The lowest BCUT2D eigenvalue weighted by Gasteiger charge is -2.20. The van der Waals surface area contributed by atoms with Gasteiger partial charge >= 0.3 is 0 Å². The molecule has 4 heteroatoms. The van der Waals surface area contributed by atoms with Crippen molar-refractivity contribution in [1.82, 2.24) is 0 Å². The molecule has 1 rings (SSSR count). The van der Waals surface area contributed by atoms with Gasteiger partial charge in [-0.3, -0.25) is 0 Å². The van der Waals surface area contributed by atoms with Crippen molar-refractivity contribution >= 4 is 0 Å². The predicted molar refractivity (Wildman–Crippen MR) is 37.4 cm³/mol. The standard InChI is InChI=1S/C7H13O4/c1-4(8)6-7(5(2)9)11-3-10-6/h3-9H,1-2H3.